The summed E-state index contributed by atoms with van der Waals surface area (Å²) in [5, 5.41) is 1.32. The second-order valence-corrected chi connectivity index (χ2v) is 5.63. The summed E-state index contributed by atoms with van der Waals surface area (Å²) in [7, 11) is 1.30. The zero-order chi connectivity index (χ0) is 15.1. The number of esters is 1. The molecule has 0 bridgehead atoms. The smallest absolute Gasteiger partial charge is 0.350 e. The second kappa shape index (κ2) is 4.89. The summed E-state index contributed by atoms with van der Waals surface area (Å²) in [4.78, 5) is 24.7. The van der Waals surface area contributed by atoms with Crippen molar-refractivity contribution in [3.8, 4) is 0 Å². The van der Waals surface area contributed by atoms with Crippen LogP contribution in [0.2, 0.25) is 0 Å². The normalized spacial score (nSPS) is 11.1. The van der Waals surface area contributed by atoms with Crippen LogP contribution in [0.15, 0.2) is 29.1 Å². The lowest BCUT2D eigenvalue weighted by molar-refractivity contribution is 0.0607. The number of nitrogen functional groups attached to an aromatic ring is 1. The number of ether oxygens (including phenoxy) is 1. The molecule has 0 spiro atoms. The van der Waals surface area contributed by atoms with Crippen molar-refractivity contribution in [2.45, 2.75) is 13.5 Å². The summed E-state index contributed by atoms with van der Waals surface area (Å²) in [6, 6.07) is 7.62. The van der Waals surface area contributed by atoms with Gasteiger partial charge in [0.25, 0.3) is 5.56 Å². The lowest BCUT2D eigenvalue weighted by Crippen LogP contribution is -2.20. The molecule has 0 atom stereocenters. The van der Waals surface area contributed by atoms with E-state index in [2.05, 4.69) is 0 Å². The molecule has 2 heterocycles. The van der Waals surface area contributed by atoms with E-state index in [0.29, 0.717) is 11.9 Å². The first-order valence-corrected chi connectivity index (χ1v) is 7.33. The number of rotatable bonds is 2. The van der Waals surface area contributed by atoms with E-state index < -0.39 is 5.97 Å². The van der Waals surface area contributed by atoms with Crippen LogP contribution in [0.25, 0.3) is 21.0 Å². The quantitative estimate of drug-likeness (QED) is 0.738. The summed E-state index contributed by atoms with van der Waals surface area (Å²) in [5.74, 6) is -0.514. The number of nitrogens with zero attached hydrogens (tertiary/aromatic N) is 1. The minimum Gasteiger partial charge on any atom is -0.465 e. The Morgan fingerprint density at radius 1 is 1.38 bits per heavy atom. The van der Waals surface area contributed by atoms with Gasteiger partial charge in [-0.1, -0.05) is 18.2 Å². The Morgan fingerprint density at radius 3 is 2.76 bits per heavy atom. The maximum absolute atomic E-state index is 12.7. The van der Waals surface area contributed by atoms with Crippen molar-refractivity contribution in [3.05, 3.63) is 39.5 Å². The molecule has 5 nitrogen and oxygen atoms in total. The van der Waals surface area contributed by atoms with Crippen LogP contribution in [0.3, 0.4) is 0 Å². The molecule has 0 aliphatic rings. The highest BCUT2D eigenvalue weighted by Gasteiger charge is 2.22. The van der Waals surface area contributed by atoms with E-state index in [1.54, 1.807) is 4.57 Å². The van der Waals surface area contributed by atoms with Gasteiger partial charge in [0, 0.05) is 11.9 Å². The third kappa shape index (κ3) is 1.83. The van der Waals surface area contributed by atoms with Crippen molar-refractivity contribution >= 4 is 44.0 Å². The predicted molar refractivity (Wildman–Crippen MR) is 85.0 cm³/mol. The van der Waals surface area contributed by atoms with Gasteiger partial charge >= 0.3 is 5.97 Å². The molecule has 0 aliphatic carbocycles. The molecule has 108 valence electrons. The molecular formula is C15H14N2O3S. The number of aromatic nitrogens is 1. The van der Waals surface area contributed by atoms with Crippen LogP contribution in [0, 0.1) is 0 Å². The molecule has 0 saturated carbocycles. The Balaban J connectivity index is 2.57. The number of anilines is 1. The highest BCUT2D eigenvalue weighted by atomic mass is 32.1. The Hall–Kier alpha value is -2.34. The summed E-state index contributed by atoms with van der Waals surface area (Å²) >= 11 is 1.21. The number of pyridine rings is 1. The van der Waals surface area contributed by atoms with Gasteiger partial charge in [0.2, 0.25) is 0 Å². The maximum atomic E-state index is 12.7. The van der Waals surface area contributed by atoms with Crippen molar-refractivity contribution in [1.29, 1.82) is 0 Å². The fourth-order valence-electron chi connectivity index (χ4n) is 2.55. The number of thiophene rings is 1. The number of hydrogen-bond donors (Lipinski definition) is 1. The van der Waals surface area contributed by atoms with Gasteiger partial charge in [0.05, 0.1) is 28.4 Å². The number of benzene rings is 1. The van der Waals surface area contributed by atoms with Crippen molar-refractivity contribution < 1.29 is 9.53 Å². The van der Waals surface area contributed by atoms with Gasteiger partial charge in [0.1, 0.15) is 4.88 Å². The Kier molecular flexibility index (Phi) is 3.17. The van der Waals surface area contributed by atoms with Crippen molar-refractivity contribution in [2.24, 2.45) is 0 Å². The van der Waals surface area contributed by atoms with Crippen LogP contribution in [0.4, 0.5) is 5.69 Å². The first-order chi connectivity index (χ1) is 10.1. The molecule has 0 aliphatic heterocycles. The van der Waals surface area contributed by atoms with Crippen LogP contribution >= 0.6 is 11.3 Å². The van der Waals surface area contributed by atoms with E-state index in [4.69, 9.17) is 10.5 Å². The van der Waals surface area contributed by atoms with E-state index in [1.165, 1.54) is 18.4 Å². The lowest BCUT2D eigenvalue weighted by Gasteiger charge is -2.08. The van der Waals surface area contributed by atoms with Gasteiger partial charge in [-0.05, 0) is 13.0 Å². The number of para-hydroxylation sites is 1. The standard InChI is InChI=1S/C15H14N2O3S/c1-3-17-9-7-5-4-6-8(9)12-10(14(17)18)11(16)13(21-12)15(19)20-2/h4-7H,3,16H2,1-2H3. The van der Waals surface area contributed by atoms with Crippen molar-refractivity contribution in [2.75, 3.05) is 12.8 Å². The topological polar surface area (TPSA) is 74.3 Å². The Bertz CT molecular complexity index is 924. The van der Waals surface area contributed by atoms with E-state index in [1.807, 2.05) is 31.2 Å². The summed E-state index contributed by atoms with van der Waals surface area (Å²) in [6.07, 6.45) is 0. The zero-order valence-corrected chi connectivity index (χ0v) is 12.5. The fourth-order valence-corrected chi connectivity index (χ4v) is 3.71. The van der Waals surface area contributed by atoms with Crippen LogP contribution in [0.5, 0.6) is 0 Å². The molecule has 1 aromatic carbocycles. The predicted octanol–water partition coefficient (Wildman–Crippen LogP) is 2.60. The van der Waals surface area contributed by atoms with E-state index >= 15 is 0 Å². The van der Waals surface area contributed by atoms with Gasteiger partial charge in [-0.15, -0.1) is 11.3 Å². The van der Waals surface area contributed by atoms with Gasteiger partial charge in [-0.3, -0.25) is 4.79 Å². The van der Waals surface area contributed by atoms with Gasteiger partial charge in [-0.2, -0.15) is 0 Å². The summed E-state index contributed by atoms with van der Waals surface area (Å²) in [6.45, 7) is 2.45. The van der Waals surface area contributed by atoms with Gasteiger partial charge in [0.15, 0.2) is 0 Å². The number of carbonyl (C=O) groups is 1. The van der Waals surface area contributed by atoms with Gasteiger partial charge in [-0.25, -0.2) is 4.79 Å². The summed E-state index contributed by atoms with van der Waals surface area (Å²) in [5.41, 5.74) is 6.91. The van der Waals surface area contributed by atoms with E-state index in [-0.39, 0.29) is 16.1 Å². The molecule has 6 heteroatoms. The molecule has 3 rings (SSSR count). The zero-order valence-electron chi connectivity index (χ0n) is 11.7. The molecule has 21 heavy (non-hydrogen) atoms. The molecule has 2 aromatic heterocycles. The first kappa shape index (κ1) is 13.6. The Morgan fingerprint density at radius 2 is 2.10 bits per heavy atom. The van der Waals surface area contributed by atoms with Crippen molar-refractivity contribution in [1.82, 2.24) is 4.57 Å². The lowest BCUT2D eigenvalue weighted by atomic mass is 10.1. The van der Waals surface area contributed by atoms with Crippen LogP contribution in [-0.4, -0.2) is 17.6 Å². The monoisotopic (exact) mass is 302 g/mol. The molecule has 0 amide bonds. The third-order valence-electron chi connectivity index (χ3n) is 3.53. The molecular weight excluding hydrogens is 288 g/mol. The van der Waals surface area contributed by atoms with Crippen molar-refractivity contribution in [3.63, 3.8) is 0 Å². The van der Waals surface area contributed by atoms with E-state index in [0.717, 1.165) is 15.6 Å². The largest absolute Gasteiger partial charge is 0.465 e. The second-order valence-electron chi connectivity index (χ2n) is 4.61. The highest BCUT2D eigenvalue weighted by Crippen LogP contribution is 2.36. The third-order valence-corrected chi connectivity index (χ3v) is 4.75. The average Bonchev–Trinajstić information content (AvgIpc) is 2.85. The average molecular weight is 302 g/mol. The van der Waals surface area contributed by atoms with Crippen LogP contribution < -0.4 is 11.3 Å². The van der Waals surface area contributed by atoms with Crippen LogP contribution in [0.1, 0.15) is 16.6 Å². The number of aryl methyl sites for hydroxylation is 1. The van der Waals surface area contributed by atoms with Gasteiger partial charge < -0.3 is 15.0 Å². The number of methoxy groups -OCH3 is 1. The molecule has 3 aromatic rings. The molecule has 0 unspecified atom stereocenters. The fraction of sp³-hybridized carbons (Fsp3) is 0.200. The molecule has 0 fully saturated rings. The first-order valence-electron chi connectivity index (χ1n) is 6.52. The molecule has 0 radical (unpaired) electrons. The summed E-state index contributed by atoms with van der Waals surface area (Å²) < 4.78 is 7.14. The number of fused-ring (bicyclic) bond motifs is 3. The number of carbonyl (C=O) groups excluding carboxylic acids is 1. The minimum atomic E-state index is -0.514. The minimum absolute atomic E-state index is 0.171. The van der Waals surface area contributed by atoms with E-state index in [9.17, 15) is 9.59 Å². The SMILES string of the molecule is CCn1c(=O)c2c(N)c(C(=O)OC)sc2c2ccccc21. The Labute approximate surface area is 124 Å². The number of nitrogens with two attached hydrogens (primary N) is 1. The highest BCUT2D eigenvalue weighted by molar-refractivity contribution is 7.22. The maximum Gasteiger partial charge on any atom is 0.350 e. The van der Waals surface area contributed by atoms with Crippen LogP contribution in [-0.2, 0) is 11.3 Å². The molecule has 2 N–H and O–H groups in total. The number of hydrogen-bond acceptors (Lipinski definition) is 5. The molecule has 0 saturated heterocycles.